The van der Waals surface area contributed by atoms with Crippen molar-refractivity contribution < 1.29 is 9.53 Å². The molecule has 0 fully saturated rings. The number of carbonyl (C=O) groups is 1. The minimum absolute atomic E-state index is 0.00739. The van der Waals surface area contributed by atoms with Gasteiger partial charge in [-0.3, -0.25) is 9.48 Å². The van der Waals surface area contributed by atoms with Gasteiger partial charge in [0, 0.05) is 29.5 Å². The molecule has 3 aromatic heterocycles. The first-order valence-corrected chi connectivity index (χ1v) is 10.4. The lowest BCUT2D eigenvalue weighted by atomic mass is 10.1. The normalized spacial score (nSPS) is 11.5. The van der Waals surface area contributed by atoms with E-state index in [0.717, 1.165) is 45.1 Å². The summed E-state index contributed by atoms with van der Waals surface area (Å²) in [4.78, 5) is 17.2. The second-order valence-electron chi connectivity index (χ2n) is 7.79. The van der Waals surface area contributed by atoms with Crippen LogP contribution in [0.15, 0.2) is 48.2 Å². The van der Waals surface area contributed by atoms with Crippen molar-refractivity contribution in [2.24, 2.45) is 7.05 Å². The van der Waals surface area contributed by atoms with Crippen LogP contribution in [-0.2, 0) is 11.8 Å². The van der Waals surface area contributed by atoms with E-state index < -0.39 is 5.91 Å². The highest BCUT2D eigenvalue weighted by atomic mass is 16.5. The summed E-state index contributed by atoms with van der Waals surface area (Å²) in [5.74, 6) is 0.286. The first-order valence-electron chi connectivity index (χ1n) is 10.4. The highest BCUT2D eigenvalue weighted by molar-refractivity contribution is 6.10. The Balaban J connectivity index is 1.63. The summed E-state index contributed by atoms with van der Waals surface area (Å²) in [6.07, 6.45) is 3.17. The summed E-state index contributed by atoms with van der Waals surface area (Å²) in [6.45, 7) is 5.83. The lowest BCUT2D eigenvalue weighted by molar-refractivity contribution is -0.112. The molecule has 0 unspecified atom stereocenters. The van der Waals surface area contributed by atoms with Crippen LogP contribution in [0, 0.1) is 32.1 Å². The number of ether oxygens (including phenoxy) is 1. The number of anilines is 1. The molecular formula is C25H24N6O2. The number of aromatic nitrogens is 4. The molecular weight excluding hydrogens is 416 g/mol. The van der Waals surface area contributed by atoms with Crippen molar-refractivity contribution in [3.8, 4) is 17.5 Å². The van der Waals surface area contributed by atoms with Gasteiger partial charge in [0.05, 0.1) is 24.7 Å². The minimum Gasteiger partial charge on any atom is -0.497 e. The predicted octanol–water partition coefficient (Wildman–Crippen LogP) is 4.24. The van der Waals surface area contributed by atoms with Crippen molar-refractivity contribution in [1.82, 2.24) is 19.3 Å². The van der Waals surface area contributed by atoms with E-state index in [1.54, 1.807) is 24.1 Å². The Morgan fingerprint density at radius 2 is 1.91 bits per heavy atom. The Hall–Kier alpha value is -4.38. The fourth-order valence-corrected chi connectivity index (χ4v) is 3.94. The number of pyridine rings is 1. The number of carbonyl (C=O) groups excluding carboxylic acids is 1. The van der Waals surface area contributed by atoms with Crippen molar-refractivity contribution in [3.63, 3.8) is 0 Å². The maximum Gasteiger partial charge on any atom is 0.266 e. The Bertz CT molecular complexity index is 1430. The molecule has 4 rings (SSSR count). The Morgan fingerprint density at radius 3 is 2.58 bits per heavy atom. The molecule has 0 aliphatic rings. The molecule has 0 saturated carbocycles. The van der Waals surface area contributed by atoms with Crippen LogP contribution in [-0.4, -0.2) is 32.3 Å². The van der Waals surface area contributed by atoms with E-state index in [9.17, 15) is 10.1 Å². The number of hydrogen-bond acceptors (Lipinski definition) is 5. The third kappa shape index (κ3) is 4.08. The van der Waals surface area contributed by atoms with Crippen molar-refractivity contribution in [2.75, 3.05) is 12.4 Å². The summed E-state index contributed by atoms with van der Waals surface area (Å²) in [5.41, 5.74) is 5.74. The van der Waals surface area contributed by atoms with E-state index in [0.29, 0.717) is 5.69 Å². The Morgan fingerprint density at radius 1 is 1.18 bits per heavy atom. The van der Waals surface area contributed by atoms with Gasteiger partial charge in [-0.1, -0.05) is 0 Å². The number of nitriles is 1. The molecule has 0 aliphatic carbocycles. The molecule has 0 atom stereocenters. The number of methoxy groups -OCH3 is 1. The second-order valence-corrected chi connectivity index (χ2v) is 7.79. The number of fused-ring (bicyclic) bond motifs is 1. The average molecular weight is 441 g/mol. The molecule has 8 nitrogen and oxygen atoms in total. The van der Waals surface area contributed by atoms with Gasteiger partial charge in [-0.25, -0.2) is 4.98 Å². The van der Waals surface area contributed by atoms with Gasteiger partial charge in [-0.15, -0.1) is 0 Å². The van der Waals surface area contributed by atoms with E-state index in [1.807, 2.05) is 70.3 Å². The smallest absolute Gasteiger partial charge is 0.266 e. The lowest BCUT2D eigenvalue weighted by Gasteiger charge is -2.10. The average Bonchev–Trinajstić information content (AvgIpc) is 3.25. The maximum absolute atomic E-state index is 12.8. The van der Waals surface area contributed by atoms with Gasteiger partial charge in [0.1, 0.15) is 17.4 Å². The van der Waals surface area contributed by atoms with E-state index in [1.165, 1.54) is 0 Å². The molecule has 0 saturated heterocycles. The molecule has 8 heteroatoms. The first-order chi connectivity index (χ1) is 15.8. The zero-order chi connectivity index (χ0) is 23.7. The van der Waals surface area contributed by atoms with Gasteiger partial charge in [0.25, 0.3) is 5.91 Å². The van der Waals surface area contributed by atoms with E-state index in [2.05, 4.69) is 20.0 Å². The van der Waals surface area contributed by atoms with Crippen molar-refractivity contribution in [1.29, 1.82) is 5.26 Å². The number of nitrogens with zero attached hydrogens (tertiary/aromatic N) is 5. The number of hydrogen-bond donors (Lipinski definition) is 1. The number of rotatable bonds is 5. The third-order valence-corrected chi connectivity index (χ3v) is 5.59. The van der Waals surface area contributed by atoms with Crippen molar-refractivity contribution in [2.45, 2.75) is 20.8 Å². The molecule has 0 aliphatic heterocycles. The van der Waals surface area contributed by atoms with E-state index in [4.69, 9.17) is 4.74 Å². The highest BCUT2D eigenvalue weighted by Crippen LogP contribution is 2.25. The zero-order valence-electron chi connectivity index (χ0n) is 19.2. The largest absolute Gasteiger partial charge is 0.497 e. The molecule has 0 spiro atoms. The molecule has 1 N–H and O–H groups in total. The predicted molar refractivity (Wildman–Crippen MR) is 127 cm³/mol. The van der Waals surface area contributed by atoms with Crippen LogP contribution < -0.4 is 10.1 Å². The molecule has 166 valence electrons. The summed E-state index contributed by atoms with van der Waals surface area (Å²) >= 11 is 0. The number of amides is 1. The van der Waals surface area contributed by atoms with Gasteiger partial charge >= 0.3 is 0 Å². The maximum atomic E-state index is 12.8. The van der Waals surface area contributed by atoms with Crippen molar-refractivity contribution in [3.05, 3.63) is 70.8 Å². The molecule has 0 bridgehead atoms. The number of aryl methyl sites for hydroxylation is 3. The van der Waals surface area contributed by atoms with Gasteiger partial charge in [-0.05, 0) is 68.8 Å². The Kier molecular flexibility index (Phi) is 5.71. The molecule has 33 heavy (non-hydrogen) atoms. The van der Waals surface area contributed by atoms with Gasteiger partial charge in [0.2, 0.25) is 0 Å². The first kappa shape index (κ1) is 21.8. The monoisotopic (exact) mass is 440 g/mol. The summed E-state index contributed by atoms with van der Waals surface area (Å²) < 4.78 is 9.00. The van der Waals surface area contributed by atoms with Crippen LogP contribution in [0.3, 0.4) is 0 Å². The molecule has 1 amide bonds. The third-order valence-electron chi connectivity index (χ3n) is 5.59. The van der Waals surface area contributed by atoms with Gasteiger partial charge in [-0.2, -0.15) is 10.4 Å². The summed E-state index contributed by atoms with van der Waals surface area (Å²) in [5, 5.41) is 17.6. The molecule has 4 aromatic rings. The quantitative estimate of drug-likeness (QED) is 0.370. The fourth-order valence-electron chi connectivity index (χ4n) is 3.94. The zero-order valence-corrected chi connectivity index (χ0v) is 19.2. The van der Waals surface area contributed by atoms with E-state index in [-0.39, 0.29) is 5.57 Å². The second kappa shape index (κ2) is 8.63. The van der Waals surface area contributed by atoms with Crippen LogP contribution >= 0.6 is 0 Å². The molecule has 3 heterocycles. The topological polar surface area (TPSA) is 97.8 Å². The minimum atomic E-state index is -0.491. The summed E-state index contributed by atoms with van der Waals surface area (Å²) in [7, 11) is 3.45. The number of nitrogens with one attached hydrogen (secondary N) is 1. The number of benzene rings is 1. The van der Waals surface area contributed by atoms with Crippen LogP contribution in [0.2, 0.25) is 0 Å². The SMILES string of the molecule is COc1ccc(-n2c(C)cc(/C=C(\C#N)C(=O)Nc3cnc4c(c3)c(C)nn4C)c2C)cc1. The van der Waals surface area contributed by atoms with Crippen molar-refractivity contribution >= 4 is 28.7 Å². The standard InChI is InChI=1S/C25H24N6O2/c1-15-10-18(17(3)31(15)21-6-8-22(33-5)9-7-21)11-19(13-26)25(32)28-20-12-23-16(2)29-30(4)24(23)27-14-20/h6-12,14H,1-5H3,(H,28,32)/b19-11+. The van der Waals surface area contributed by atoms with Crippen LogP contribution in [0.4, 0.5) is 5.69 Å². The summed E-state index contributed by atoms with van der Waals surface area (Å²) in [6, 6.07) is 13.5. The van der Waals surface area contributed by atoms with Gasteiger partial charge in [0.15, 0.2) is 5.65 Å². The van der Waals surface area contributed by atoms with Crippen LogP contribution in [0.5, 0.6) is 5.75 Å². The molecule has 0 radical (unpaired) electrons. The van der Waals surface area contributed by atoms with Crippen LogP contribution in [0.25, 0.3) is 22.8 Å². The fraction of sp³-hybridized carbons (Fsp3) is 0.200. The van der Waals surface area contributed by atoms with Crippen LogP contribution in [0.1, 0.15) is 22.6 Å². The van der Waals surface area contributed by atoms with E-state index >= 15 is 0 Å². The van der Waals surface area contributed by atoms with Gasteiger partial charge < -0.3 is 14.6 Å². The Labute approximate surface area is 191 Å². The highest BCUT2D eigenvalue weighted by Gasteiger charge is 2.15. The molecule has 1 aromatic carbocycles. The lowest BCUT2D eigenvalue weighted by Crippen LogP contribution is -2.13.